The van der Waals surface area contributed by atoms with Gasteiger partial charge >= 0.3 is 0 Å². The Morgan fingerprint density at radius 3 is 2.32 bits per heavy atom. The first-order valence-electron chi connectivity index (χ1n) is 9.60. The SMILES string of the molecule is NCCCOC1CCN(C(=O)c2ccccc2C(=O)c2ccc(F)cc2)CC1. The Labute approximate surface area is 164 Å². The number of benzene rings is 2. The second-order valence-corrected chi connectivity index (χ2v) is 6.89. The first kappa shape index (κ1) is 20.2. The fourth-order valence-electron chi connectivity index (χ4n) is 3.35. The van der Waals surface area contributed by atoms with E-state index in [9.17, 15) is 14.0 Å². The molecule has 1 aliphatic heterocycles. The molecule has 0 bridgehead atoms. The normalized spacial score (nSPS) is 14.9. The summed E-state index contributed by atoms with van der Waals surface area (Å²) in [5, 5.41) is 0. The zero-order chi connectivity index (χ0) is 19.9. The van der Waals surface area contributed by atoms with Gasteiger partial charge in [0.15, 0.2) is 5.78 Å². The van der Waals surface area contributed by atoms with Gasteiger partial charge in [0, 0.05) is 30.8 Å². The molecule has 3 rings (SSSR count). The van der Waals surface area contributed by atoms with Crippen molar-refractivity contribution in [2.75, 3.05) is 26.2 Å². The predicted octanol–water partition coefficient (Wildman–Crippen LogP) is 3.03. The molecule has 1 saturated heterocycles. The minimum absolute atomic E-state index is 0.145. The predicted molar refractivity (Wildman–Crippen MR) is 105 cm³/mol. The topological polar surface area (TPSA) is 72.6 Å². The number of carbonyl (C=O) groups excluding carboxylic acids is 2. The van der Waals surface area contributed by atoms with Gasteiger partial charge in [0.05, 0.1) is 11.7 Å². The molecule has 148 valence electrons. The van der Waals surface area contributed by atoms with Crippen molar-refractivity contribution in [2.45, 2.75) is 25.4 Å². The van der Waals surface area contributed by atoms with Crippen LogP contribution < -0.4 is 5.73 Å². The lowest BCUT2D eigenvalue weighted by Crippen LogP contribution is -2.41. The van der Waals surface area contributed by atoms with Crippen molar-refractivity contribution in [3.63, 3.8) is 0 Å². The zero-order valence-electron chi connectivity index (χ0n) is 15.8. The van der Waals surface area contributed by atoms with E-state index < -0.39 is 5.82 Å². The van der Waals surface area contributed by atoms with E-state index in [4.69, 9.17) is 10.5 Å². The number of piperidine rings is 1. The van der Waals surface area contributed by atoms with Gasteiger partial charge in [-0.3, -0.25) is 9.59 Å². The first-order chi connectivity index (χ1) is 13.6. The molecule has 1 fully saturated rings. The van der Waals surface area contributed by atoms with Crippen molar-refractivity contribution in [1.82, 2.24) is 4.90 Å². The van der Waals surface area contributed by atoms with E-state index in [-0.39, 0.29) is 17.8 Å². The van der Waals surface area contributed by atoms with Crippen LogP contribution in [0, 0.1) is 5.82 Å². The second-order valence-electron chi connectivity index (χ2n) is 6.89. The average molecular weight is 384 g/mol. The van der Waals surface area contributed by atoms with E-state index in [1.165, 1.54) is 24.3 Å². The molecule has 0 spiro atoms. The quantitative estimate of drug-likeness (QED) is 0.588. The highest BCUT2D eigenvalue weighted by Crippen LogP contribution is 2.21. The largest absolute Gasteiger partial charge is 0.378 e. The lowest BCUT2D eigenvalue weighted by molar-refractivity contribution is 0.00840. The van der Waals surface area contributed by atoms with E-state index in [0.717, 1.165) is 19.3 Å². The van der Waals surface area contributed by atoms with Crippen LogP contribution in [0.15, 0.2) is 48.5 Å². The van der Waals surface area contributed by atoms with Gasteiger partial charge in [-0.25, -0.2) is 4.39 Å². The Bertz CT molecular complexity index is 815. The molecule has 2 N–H and O–H groups in total. The fraction of sp³-hybridized carbons (Fsp3) is 0.364. The number of likely N-dealkylation sites (tertiary alicyclic amines) is 1. The molecule has 0 atom stereocenters. The number of halogens is 1. The molecule has 2 aromatic rings. The maximum Gasteiger partial charge on any atom is 0.254 e. The van der Waals surface area contributed by atoms with E-state index in [0.29, 0.717) is 42.9 Å². The number of nitrogens with zero attached hydrogens (tertiary/aromatic N) is 1. The summed E-state index contributed by atoms with van der Waals surface area (Å²) in [6.45, 7) is 2.43. The smallest absolute Gasteiger partial charge is 0.254 e. The lowest BCUT2D eigenvalue weighted by Gasteiger charge is -2.32. The molecule has 1 aliphatic rings. The first-order valence-corrected chi connectivity index (χ1v) is 9.60. The molecule has 0 radical (unpaired) electrons. The van der Waals surface area contributed by atoms with Crippen molar-refractivity contribution in [3.8, 4) is 0 Å². The third-order valence-corrected chi connectivity index (χ3v) is 4.94. The summed E-state index contributed by atoms with van der Waals surface area (Å²) in [6, 6.07) is 12.1. The van der Waals surface area contributed by atoms with Crippen molar-refractivity contribution >= 4 is 11.7 Å². The van der Waals surface area contributed by atoms with Crippen LogP contribution in [-0.2, 0) is 4.74 Å². The maximum atomic E-state index is 13.1. The summed E-state index contributed by atoms with van der Waals surface area (Å²) in [5.41, 5.74) is 6.54. The van der Waals surface area contributed by atoms with Crippen molar-refractivity contribution in [3.05, 3.63) is 71.0 Å². The highest BCUT2D eigenvalue weighted by Gasteiger charge is 2.26. The number of nitrogens with two attached hydrogens (primary N) is 1. The molecule has 28 heavy (non-hydrogen) atoms. The molecule has 0 aromatic heterocycles. The van der Waals surface area contributed by atoms with Gasteiger partial charge in [-0.15, -0.1) is 0 Å². The molecule has 0 unspecified atom stereocenters. The van der Waals surface area contributed by atoms with Crippen molar-refractivity contribution in [2.24, 2.45) is 5.73 Å². The Morgan fingerprint density at radius 2 is 1.68 bits per heavy atom. The molecule has 1 amide bonds. The summed E-state index contributed by atoms with van der Waals surface area (Å²) >= 11 is 0. The Kier molecular flexibility index (Phi) is 6.90. The summed E-state index contributed by atoms with van der Waals surface area (Å²) < 4.78 is 18.9. The Morgan fingerprint density at radius 1 is 1.04 bits per heavy atom. The van der Waals surface area contributed by atoms with Gasteiger partial charge in [-0.1, -0.05) is 18.2 Å². The molecule has 1 heterocycles. The fourth-order valence-corrected chi connectivity index (χ4v) is 3.35. The summed E-state index contributed by atoms with van der Waals surface area (Å²) in [6.07, 6.45) is 2.51. The summed E-state index contributed by atoms with van der Waals surface area (Å²) in [4.78, 5) is 27.6. The molecule has 2 aromatic carbocycles. The molecular formula is C22H25FN2O3. The van der Waals surface area contributed by atoms with Crippen LogP contribution in [0.5, 0.6) is 0 Å². The van der Waals surface area contributed by atoms with Gasteiger partial charge in [0.25, 0.3) is 5.91 Å². The van der Waals surface area contributed by atoms with E-state index in [2.05, 4.69) is 0 Å². The van der Waals surface area contributed by atoms with Gasteiger partial charge < -0.3 is 15.4 Å². The van der Waals surface area contributed by atoms with Crippen LogP contribution in [0.1, 0.15) is 45.5 Å². The van der Waals surface area contributed by atoms with E-state index in [1.54, 1.807) is 29.2 Å². The van der Waals surface area contributed by atoms with Crippen LogP contribution in [0.4, 0.5) is 4.39 Å². The molecule has 5 nitrogen and oxygen atoms in total. The van der Waals surface area contributed by atoms with Crippen LogP contribution in [0.25, 0.3) is 0 Å². The highest BCUT2D eigenvalue weighted by molar-refractivity contribution is 6.15. The Balaban J connectivity index is 1.70. The Hall–Kier alpha value is -2.57. The van der Waals surface area contributed by atoms with Gasteiger partial charge in [-0.2, -0.15) is 0 Å². The highest BCUT2D eigenvalue weighted by atomic mass is 19.1. The van der Waals surface area contributed by atoms with Crippen LogP contribution in [0.3, 0.4) is 0 Å². The van der Waals surface area contributed by atoms with Gasteiger partial charge in [-0.05, 0) is 56.1 Å². The number of hydrogen-bond acceptors (Lipinski definition) is 4. The van der Waals surface area contributed by atoms with Crippen LogP contribution in [0.2, 0.25) is 0 Å². The third kappa shape index (κ3) is 4.82. The number of carbonyl (C=O) groups is 2. The van der Waals surface area contributed by atoms with Crippen molar-refractivity contribution < 1.29 is 18.7 Å². The molecule has 6 heteroatoms. The zero-order valence-corrected chi connectivity index (χ0v) is 15.8. The number of rotatable bonds is 7. The van der Waals surface area contributed by atoms with Crippen LogP contribution >= 0.6 is 0 Å². The monoisotopic (exact) mass is 384 g/mol. The van der Waals surface area contributed by atoms with Gasteiger partial charge in [0.1, 0.15) is 5.82 Å². The standard InChI is InChI=1S/C22H25FN2O3/c23-17-8-6-16(7-9-17)21(26)19-4-1-2-5-20(19)22(27)25-13-10-18(11-14-25)28-15-3-12-24/h1-2,4-9,18H,3,10-15,24H2. The number of ether oxygens (including phenoxy) is 1. The van der Waals surface area contributed by atoms with Crippen molar-refractivity contribution in [1.29, 1.82) is 0 Å². The summed E-state index contributed by atoms with van der Waals surface area (Å²) in [7, 11) is 0. The minimum Gasteiger partial charge on any atom is -0.378 e. The summed E-state index contributed by atoms with van der Waals surface area (Å²) in [5.74, 6) is -0.854. The minimum atomic E-state index is -0.405. The maximum absolute atomic E-state index is 13.1. The number of ketones is 1. The van der Waals surface area contributed by atoms with E-state index in [1.807, 2.05) is 0 Å². The average Bonchev–Trinajstić information content (AvgIpc) is 2.74. The van der Waals surface area contributed by atoms with Gasteiger partial charge in [0.2, 0.25) is 0 Å². The lowest BCUT2D eigenvalue weighted by atomic mass is 9.96. The second kappa shape index (κ2) is 9.57. The molecule has 0 aliphatic carbocycles. The third-order valence-electron chi connectivity index (χ3n) is 4.94. The number of amides is 1. The molecular weight excluding hydrogens is 359 g/mol. The number of hydrogen-bond donors (Lipinski definition) is 1. The van der Waals surface area contributed by atoms with E-state index >= 15 is 0 Å². The molecule has 0 saturated carbocycles. The van der Waals surface area contributed by atoms with Crippen LogP contribution in [-0.4, -0.2) is 48.9 Å².